The molecule has 7 heteroatoms. The first-order valence-electron chi connectivity index (χ1n) is 10.9. The Balaban J connectivity index is 1.58. The number of halogens is 1. The lowest BCUT2D eigenvalue weighted by atomic mass is 9.98. The predicted molar refractivity (Wildman–Crippen MR) is 126 cm³/mol. The molecule has 2 aromatic heterocycles. The fourth-order valence-corrected chi connectivity index (χ4v) is 4.29. The van der Waals surface area contributed by atoms with Gasteiger partial charge in [0.1, 0.15) is 17.3 Å². The number of benzene rings is 2. The van der Waals surface area contributed by atoms with Gasteiger partial charge in [0.05, 0.1) is 12.2 Å². The summed E-state index contributed by atoms with van der Waals surface area (Å²) in [6.07, 6.45) is 1.68. The largest absolute Gasteiger partial charge is 0.311 e. The molecule has 0 saturated heterocycles. The maximum absolute atomic E-state index is 13.6. The van der Waals surface area contributed by atoms with Crippen LogP contribution in [0.15, 0.2) is 72.9 Å². The van der Waals surface area contributed by atoms with Crippen molar-refractivity contribution >= 4 is 11.7 Å². The van der Waals surface area contributed by atoms with E-state index in [0.717, 1.165) is 54.3 Å². The van der Waals surface area contributed by atoms with Crippen LogP contribution < -0.4 is 5.32 Å². The first-order valence-corrected chi connectivity index (χ1v) is 10.9. The van der Waals surface area contributed by atoms with Crippen molar-refractivity contribution in [1.82, 2.24) is 19.7 Å². The molecule has 0 atom stereocenters. The van der Waals surface area contributed by atoms with Crippen molar-refractivity contribution in [3.8, 4) is 22.4 Å². The highest BCUT2D eigenvalue weighted by Crippen LogP contribution is 2.37. The minimum absolute atomic E-state index is 0.176. The number of carbonyl (C=O) groups excluding carboxylic acids is 1. The monoisotopic (exact) mass is 441 g/mol. The highest BCUT2D eigenvalue weighted by molar-refractivity contribution is 5.89. The van der Waals surface area contributed by atoms with Gasteiger partial charge in [-0.15, -0.1) is 0 Å². The average Bonchev–Trinajstić information content (AvgIpc) is 3.19. The number of rotatable bonds is 5. The molecule has 0 aliphatic carbocycles. The van der Waals surface area contributed by atoms with E-state index in [2.05, 4.69) is 39.5 Å². The number of hydrogen-bond acceptors (Lipinski definition) is 4. The van der Waals surface area contributed by atoms with E-state index in [1.165, 1.54) is 24.6 Å². The van der Waals surface area contributed by atoms with E-state index < -0.39 is 0 Å². The summed E-state index contributed by atoms with van der Waals surface area (Å²) in [4.78, 5) is 18.2. The molecular weight excluding hydrogens is 417 g/mol. The molecule has 6 nitrogen and oxygen atoms in total. The van der Waals surface area contributed by atoms with Crippen molar-refractivity contribution in [3.05, 3.63) is 90.0 Å². The third-order valence-electron chi connectivity index (χ3n) is 5.78. The van der Waals surface area contributed by atoms with Gasteiger partial charge >= 0.3 is 0 Å². The fraction of sp³-hybridized carbons (Fsp3) is 0.192. The molecular formula is C26H24FN5O. The summed E-state index contributed by atoms with van der Waals surface area (Å²) in [5.41, 5.74) is 5.90. The van der Waals surface area contributed by atoms with Gasteiger partial charge in [0.2, 0.25) is 5.91 Å². The Labute approximate surface area is 191 Å². The van der Waals surface area contributed by atoms with Gasteiger partial charge < -0.3 is 5.32 Å². The molecule has 0 spiro atoms. The third-order valence-corrected chi connectivity index (χ3v) is 5.78. The summed E-state index contributed by atoms with van der Waals surface area (Å²) in [5.74, 6) is 0.0293. The summed E-state index contributed by atoms with van der Waals surface area (Å²) in [7, 11) is 0. The lowest BCUT2D eigenvalue weighted by Crippen LogP contribution is -2.33. The Morgan fingerprint density at radius 1 is 1.03 bits per heavy atom. The summed E-state index contributed by atoms with van der Waals surface area (Å²) in [5, 5.41) is 7.68. The molecule has 0 radical (unpaired) electrons. The molecule has 0 fully saturated rings. The second-order valence-electron chi connectivity index (χ2n) is 8.21. The number of pyridine rings is 1. The molecule has 2 aromatic carbocycles. The smallest absolute Gasteiger partial charge is 0.222 e. The van der Waals surface area contributed by atoms with Gasteiger partial charge in [-0.25, -0.2) is 9.37 Å². The number of hydrogen-bond donors (Lipinski definition) is 1. The molecule has 4 aromatic rings. The standard InChI is InChI=1S/C26H24FN5O/c1-18(33)29-24-15-21(11-12-28-24)25-23-17-31(16-19-5-3-2-4-6-19)13-14-32(23)30-26(25)20-7-9-22(27)10-8-20/h2-12,15H,13-14,16-17H2,1H3,(H,28,29,33). The quantitative estimate of drug-likeness (QED) is 0.487. The summed E-state index contributed by atoms with van der Waals surface area (Å²) in [6, 6.07) is 20.6. The second-order valence-corrected chi connectivity index (χ2v) is 8.21. The van der Waals surface area contributed by atoms with Crippen LogP contribution >= 0.6 is 0 Å². The second kappa shape index (κ2) is 8.96. The summed E-state index contributed by atoms with van der Waals surface area (Å²) < 4.78 is 15.7. The third kappa shape index (κ3) is 4.54. The van der Waals surface area contributed by atoms with Crippen molar-refractivity contribution in [3.63, 3.8) is 0 Å². The normalized spacial score (nSPS) is 13.5. The Kier molecular flexibility index (Phi) is 5.71. The molecule has 0 bridgehead atoms. The van der Waals surface area contributed by atoms with Gasteiger partial charge in [-0.2, -0.15) is 5.10 Å². The molecule has 1 N–H and O–H groups in total. The van der Waals surface area contributed by atoms with Gasteiger partial charge in [0.25, 0.3) is 0 Å². The number of carbonyl (C=O) groups is 1. The van der Waals surface area contributed by atoms with Crippen LogP contribution in [0.25, 0.3) is 22.4 Å². The molecule has 1 amide bonds. The van der Waals surface area contributed by atoms with Crippen molar-refractivity contribution in [2.24, 2.45) is 0 Å². The Morgan fingerprint density at radius 3 is 2.58 bits per heavy atom. The molecule has 1 aliphatic heterocycles. The molecule has 5 rings (SSSR count). The number of amides is 1. The van der Waals surface area contributed by atoms with E-state index in [1.54, 1.807) is 18.3 Å². The first kappa shape index (κ1) is 21.0. The zero-order chi connectivity index (χ0) is 22.8. The van der Waals surface area contributed by atoms with E-state index in [1.807, 2.05) is 22.9 Å². The highest BCUT2D eigenvalue weighted by Gasteiger charge is 2.26. The van der Waals surface area contributed by atoms with Crippen molar-refractivity contribution < 1.29 is 9.18 Å². The van der Waals surface area contributed by atoms with Crippen LogP contribution in [0, 0.1) is 5.82 Å². The lowest BCUT2D eigenvalue weighted by molar-refractivity contribution is -0.114. The summed E-state index contributed by atoms with van der Waals surface area (Å²) in [6.45, 7) is 4.70. The number of nitrogens with zero attached hydrogens (tertiary/aromatic N) is 4. The van der Waals surface area contributed by atoms with Crippen LogP contribution in [0.1, 0.15) is 18.2 Å². The molecule has 166 valence electrons. The lowest BCUT2D eigenvalue weighted by Gasteiger charge is -2.28. The van der Waals surface area contributed by atoms with Crippen molar-refractivity contribution in [2.45, 2.75) is 26.6 Å². The van der Waals surface area contributed by atoms with E-state index in [-0.39, 0.29) is 11.7 Å². The van der Waals surface area contributed by atoms with E-state index >= 15 is 0 Å². The number of nitrogens with one attached hydrogen (secondary N) is 1. The van der Waals surface area contributed by atoms with Crippen molar-refractivity contribution in [1.29, 1.82) is 0 Å². The molecule has 3 heterocycles. The Morgan fingerprint density at radius 2 is 1.82 bits per heavy atom. The Hall–Kier alpha value is -3.84. The number of anilines is 1. The predicted octanol–water partition coefficient (Wildman–Crippen LogP) is 4.73. The van der Waals surface area contributed by atoms with Crippen LogP contribution in [-0.4, -0.2) is 32.1 Å². The van der Waals surface area contributed by atoms with Crippen LogP contribution in [0.3, 0.4) is 0 Å². The maximum atomic E-state index is 13.6. The van der Waals surface area contributed by atoms with Crippen LogP contribution in [0.4, 0.5) is 10.2 Å². The SMILES string of the molecule is CC(=O)Nc1cc(-c2c(-c3ccc(F)cc3)nn3c2CN(Cc2ccccc2)CC3)ccn1. The number of aromatic nitrogens is 3. The van der Waals surface area contributed by atoms with E-state index in [9.17, 15) is 9.18 Å². The van der Waals surface area contributed by atoms with Gasteiger partial charge in [-0.05, 0) is 47.5 Å². The maximum Gasteiger partial charge on any atom is 0.222 e. The summed E-state index contributed by atoms with van der Waals surface area (Å²) >= 11 is 0. The van der Waals surface area contributed by atoms with Gasteiger partial charge in [0, 0.05) is 43.9 Å². The van der Waals surface area contributed by atoms with Crippen molar-refractivity contribution in [2.75, 3.05) is 11.9 Å². The minimum Gasteiger partial charge on any atom is -0.311 e. The van der Waals surface area contributed by atoms with E-state index in [0.29, 0.717) is 5.82 Å². The van der Waals surface area contributed by atoms with Gasteiger partial charge in [-0.1, -0.05) is 30.3 Å². The van der Waals surface area contributed by atoms with Crippen LogP contribution in [0.5, 0.6) is 0 Å². The molecule has 0 saturated carbocycles. The molecule has 0 unspecified atom stereocenters. The van der Waals surface area contributed by atoms with Gasteiger partial charge in [-0.3, -0.25) is 14.4 Å². The highest BCUT2D eigenvalue weighted by atomic mass is 19.1. The average molecular weight is 442 g/mol. The first-order chi connectivity index (χ1) is 16.1. The fourth-order valence-electron chi connectivity index (χ4n) is 4.29. The zero-order valence-electron chi connectivity index (χ0n) is 18.3. The molecule has 33 heavy (non-hydrogen) atoms. The van der Waals surface area contributed by atoms with Crippen LogP contribution in [0.2, 0.25) is 0 Å². The van der Waals surface area contributed by atoms with Crippen LogP contribution in [-0.2, 0) is 24.4 Å². The van der Waals surface area contributed by atoms with Gasteiger partial charge in [0.15, 0.2) is 0 Å². The topological polar surface area (TPSA) is 63.1 Å². The Bertz CT molecular complexity index is 1280. The molecule has 1 aliphatic rings. The minimum atomic E-state index is -0.282. The zero-order valence-corrected chi connectivity index (χ0v) is 18.3. The van der Waals surface area contributed by atoms with E-state index in [4.69, 9.17) is 5.10 Å². The number of fused-ring (bicyclic) bond motifs is 1.